The van der Waals surface area contributed by atoms with Crippen LogP contribution in [0.25, 0.3) is 0 Å². The van der Waals surface area contributed by atoms with E-state index in [9.17, 15) is 4.79 Å². The number of aliphatic imine (C=N–C) groups is 1. The third kappa shape index (κ3) is 4.54. The standard InChI is InChI=1S/C15H18Cl2N2O2S/c1-3-21-14(20)9-19-8-12(18-15(19)22-2)6-10-4-5-11(16)7-13(10)17/h4-5,7,12H,3,6,8-9H2,1-2H3. The van der Waals surface area contributed by atoms with Crippen LogP contribution in [0.15, 0.2) is 23.2 Å². The van der Waals surface area contributed by atoms with Gasteiger partial charge in [-0.1, -0.05) is 41.0 Å². The van der Waals surface area contributed by atoms with Gasteiger partial charge in [-0.05, 0) is 37.3 Å². The smallest absolute Gasteiger partial charge is 0.325 e. The SMILES string of the molecule is CCOC(=O)CN1CC(Cc2ccc(Cl)cc2Cl)N=C1SC. The number of hydrogen-bond donors (Lipinski definition) is 0. The van der Waals surface area contributed by atoms with Crippen molar-refractivity contribution in [3.05, 3.63) is 33.8 Å². The predicted molar refractivity (Wildman–Crippen MR) is 93.1 cm³/mol. The molecule has 1 aliphatic rings. The minimum atomic E-state index is -0.227. The Bertz CT molecular complexity index is 581. The maximum atomic E-state index is 11.7. The third-order valence-corrected chi connectivity index (χ3v) is 4.59. The Balaban J connectivity index is 2.02. The fraction of sp³-hybridized carbons (Fsp3) is 0.467. The summed E-state index contributed by atoms with van der Waals surface area (Å²) in [5.41, 5.74) is 1.01. The Kier molecular flexibility index (Phi) is 6.41. The lowest BCUT2D eigenvalue weighted by molar-refractivity contribution is -0.143. The van der Waals surface area contributed by atoms with Gasteiger partial charge in [0, 0.05) is 16.6 Å². The van der Waals surface area contributed by atoms with Gasteiger partial charge in [-0.25, -0.2) is 0 Å². The molecule has 0 aliphatic carbocycles. The molecule has 0 aromatic heterocycles. The lowest BCUT2D eigenvalue weighted by Crippen LogP contribution is -2.34. The Morgan fingerprint density at radius 1 is 1.50 bits per heavy atom. The van der Waals surface area contributed by atoms with E-state index in [-0.39, 0.29) is 18.6 Å². The summed E-state index contributed by atoms with van der Waals surface area (Å²) in [4.78, 5) is 18.3. The van der Waals surface area contributed by atoms with Gasteiger partial charge in [0.15, 0.2) is 5.17 Å². The van der Waals surface area contributed by atoms with Crippen LogP contribution >= 0.6 is 35.0 Å². The Morgan fingerprint density at radius 3 is 2.91 bits per heavy atom. The quantitative estimate of drug-likeness (QED) is 0.753. The van der Waals surface area contributed by atoms with Crippen molar-refractivity contribution in [3.63, 3.8) is 0 Å². The summed E-state index contributed by atoms with van der Waals surface area (Å²) in [6, 6.07) is 5.57. The zero-order chi connectivity index (χ0) is 16.1. The van der Waals surface area contributed by atoms with E-state index in [1.165, 1.54) is 11.8 Å². The number of esters is 1. The molecule has 0 saturated carbocycles. The maximum Gasteiger partial charge on any atom is 0.325 e. The molecule has 4 nitrogen and oxygen atoms in total. The molecule has 1 aromatic rings. The highest BCUT2D eigenvalue weighted by Gasteiger charge is 2.27. The minimum absolute atomic E-state index is 0.0792. The number of halogens is 2. The van der Waals surface area contributed by atoms with Crippen LogP contribution in [0.1, 0.15) is 12.5 Å². The number of benzene rings is 1. The molecule has 1 aromatic carbocycles. The number of amidine groups is 1. The molecule has 1 aliphatic heterocycles. The number of carbonyl (C=O) groups excluding carboxylic acids is 1. The molecule has 0 radical (unpaired) electrons. The molecule has 0 fully saturated rings. The average molecular weight is 361 g/mol. The number of hydrogen-bond acceptors (Lipinski definition) is 5. The van der Waals surface area contributed by atoms with E-state index in [1.807, 2.05) is 23.3 Å². The van der Waals surface area contributed by atoms with E-state index in [2.05, 4.69) is 4.99 Å². The first-order valence-electron chi connectivity index (χ1n) is 6.99. The fourth-order valence-corrected chi connectivity index (χ4v) is 3.48. The van der Waals surface area contributed by atoms with Gasteiger partial charge in [-0.3, -0.25) is 9.79 Å². The summed E-state index contributed by atoms with van der Waals surface area (Å²) in [6.45, 7) is 3.12. The van der Waals surface area contributed by atoms with E-state index in [4.69, 9.17) is 27.9 Å². The van der Waals surface area contributed by atoms with Gasteiger partial charge in [0.05, 0.1) is 12.6 Å². The number of nitrogens with zero attached hydrogens (tertiary/aromatic N) is 2. The van der Waals surface area contributed by atoms with Crippen molar-refractivity contribution in [1.82, 2.24) is 4.90 Å². The second kappa shape index (κ2) is 8.09. The number of thioether (sulfide) groups is 1. The van der Waals surface area contributed by atoms with Crippen LogP contribution in [0.5, 0.6) is 0 Å². The molecular formula is C15H18Cl2N2O2S. The summed E-state index contributed by atoms with van der Waals surface area (Å²) in [5.74, 6) is -0.227. The molecule has 22 heavy (non-hydrogen) atoms. The molecule has 0 bridgehead atoms. The van der Waals surface area contributed by atoms with E-state index in [0.717, 1.165) is 17.2 Å². The number of ether oxygens (including phenoxy) is 1. The van der Waals surface area contributed by atoms with Crippen LogP contribution < -0.4 is 0 Å². The Morgan fingerprint density at radius 2 is 2.27 bits per heavy atom. The topological polar surface area (TPSA) is 41.9 Å². The second-order valence-electron chi connectivity index (χ2n) is 4.90. The normalized spacial score (nSPS) is 17.5. The average Bonchev–Trinajstić information content (AvgIpc) is 2.84. The first kappa shape index (κ1) is 17.4. The van der Waals surface area contributed by atoms with Crippen molar-refractivity contribution in [2.75, 3.05) is 26.0 Å². The van der Waals surface area contributed by atoms with Crippen LogP contribution in [-0.2, 0) is 16.0 Å². The summed E-state index contributed by atoms with van der Waals surface area (Å²) >= 11 is 13.7. The summed E-state index contributed by atoms with van der Waals surface area (Å²) in [7, 11) is 0. The number of rotatable bonds is 5. The molecule has 120 valence electrons. The van der Waals surface area contributed by atoms with Crippen LogP contribution in [-0.4, -0.2) is 48.0 Å². The van der Waals surface area contributed by atoms with Crippen molar-refractivity contribution >= 4 is 46.1 Å². The molecule has 7 heteroatoms. The molecule has 1 heterocycles. The van der Waals surface area contributed by atoms with Gasteiger partial charge in [0.1, 0.15) is 6.54 Å². The van der Waals surface area contributed by atoms with Crippen LogP contribution in [0.2, 0.25) is 10.0 Å². The molecule has 1 unspecified atom stereocenters. The maximum absolute atomic E-state index is 11.7. The molecule has 1 atom stereocenters. The monoisotopic (exact) mass is 360 g/mol. The first-order chi connectivity index (χ1) is 10.5. The van der Waals surface area contributed by atoms with Crippen LogP contribution in [0, 0.1) is 0 Å². The fourth-order valence-electron chi connectivity index (χ4n) is 2.34. The van der Waals surface area contributed by atoms with E-state index < -0.39 is 0 Å². The van der Waals surface area contributed by atoms with Gasteiger partial charge in [-0.15, -0.1) is 0 Å². The third-order valence-electron chi connectivity index (χ3n) is 3.27. The Labute approximate surface area is 144 Å². The van der Waals surface area contributed by atoms with Gasteiger partial charge < -0.3 is 9.64 Å². The van der Waals surface area contributed by atoms with Crippen LogP contribution in [0.3, 0.4) is 0 Å². The van der Waals surface area contributed by atoms with E-state index in [0.29, 0.717) is 23.2 Å². The minimum Gasteiger partial charge on any atom is -0.465 e. The van der Waals surface area contributed by atoms with Crippen molar-refractivity contribution in [2.24, 2.45) is 4.99 Å². The first-order valence-corrected chi connectivity index (χ1v) is 8.97. The highest BCUT2D eigenvalue weighted by atomic mass is 35.5. The van der Waals surface area contributed by atoms with Gasteiger partial charge >= 0.3 is 5.97 Å². The van der Waals surface area contributed by atoms with Crippen molar-refractivity contribution in [3.8, 4) is 0 Å². The zero-order valence-corrected chi connectivity index (χ0v) is 14.8. The van der Waals surface area contributed by atoms with E-state index in [1.54, 1.807) is 13.0 Å². The van der Waals surface area contributed by atoms with Gasteiger partial charge in [-0.2, -0.15) is 0 Å². The number of carbonyl (C=O) groups is 1. The lowest BCUT2D eigenvalue weighted by atomic mass is 10.1. The largest absolute Gasteiger partial charge is 0.465 e. The van der Waals surface area contributed by atoms with Crippen molar-refractivity contribution < 1.29 is 9.53 Å². The molecule has 0 saturated heterocycles. The van der Waals surface area contributed by atoms with Crippen molar-refractivity contribution in [2.45, 2.75) is 19.4 Å². The zero-order valence-electron chi connectivity index (χ0n) is 12.5. The van der Waals surface area contributed by atoms with Gasteiger partial charge in [0.25, 0.3) is 0 Å². The summed E-state index contributed by atoms with van der Waals surface area (Å²) in [6.07, 6.45) is 2.67. The second-order valence-corrected chi connectivity index (χ2v) is 6.51. The molecular weight excluding hydrogens is 343 g/mol. The molecule has 0 spiro atoms. The molecule has 0 amide bonds. The molecule has 2 rings (SSSR count). The van der Waals surface area contributed by atoms with Gasteiger partial charge in [0.2, 0.25) is 0 Å². The highest BCUT2D eigenvalue weighted by Crippen LogP contribution is 2.25. The highest BCUT2D eigenvalue weighted by molar-refractivity contribution is 8.13. The predicted octanol–water partition coefficient (Wildman–Crippen LogP) is 3.50. The summed E-state index contributed by atoms with van der Waals surface area (Å²) in [5, 5.41) is 2.14. The van der Waals surface area contributed by atoms with E-state index >= 15 is 0 Å². The Hall–Kier alpha value is -0.910. The summed E-state index contributed by atoms with van der Waals surface area (Å²) < 4.78 is 5.00. The molecule has 0 N–H and O–H groups in total. The van der Waals surface area contributed by atoms with Crippen LogP contribution in [0.4, 0.5) is 0 Å². The lowest BCUT2D eigenvalue weighted by Gasteiger charge is -2.18. The van der Waals surface area contributed by atoms with Crippen molar-refractivity contribution in [1.29, 1.82) is 0 Å².